The number of carbonyl (C=O) groups is 4. The fourth-order valence-corrected chi connectivity index (χ4v) is 8.34. The molecule has 0 radical (unpaired) electrons. The van der Waals surface area contributed by atoms with E-state index in [-0.39, 0.29) is 48.7 Å². The van der Waals surface area contributed by atoms with E-state index in [1.807, 2.05) is 6.08 Å². The maximum Gasteiger partial charge on any atom is 0.438 e. The van der Waals surface area contributed by atoms with Gasteiger partial charge in [0.2, 0.25) is 33.4 Å². The van der Waals surface area contributed by atoms with E-state index in [0.29, 0.717) is 51.4 Å². The highest BCUT2D eigenvalue weighted by molar-refractivity contribution is 7.91. The molecule has 3 aliphatic carbocycles. The number of hydrogen-bond donors (Lipinski definition) is 3. The van der Waals surface area contributed by atoms with Crippen molar-refractivity contribution in [3.63, 3.8) is 0 Å². The normalized spacial score (nSPS) is 28.7. The molecule has 298 valence electrons. The number of alkyl carbamates (subject to hydrolysis) is 1. The van der Waals surface area contributed by atoms with E-state index in [1.54, 1.807) is 6.08 Å². The van der Waals surface area contributed by atoms with Crippen LogP contribution < -0.4 is 24.8 Å². The third kappa shape index (κ3) is 8.16. The van der Waals surface area contributed by atoms with Gasteiger partial charge in [-0.2, -0.15) is 13.2 Å². The molecule has 0 unspecified atom stereocenters. The summed E-state index contributed by atoms with van der Waals surface area (Å²) in [6.07, 6.45) is 0.880. The summed E-state index contributed by atoms with van der Waals surface area (Å²) in [7, 11) is -2.73. The standard InChI is InChI=1S/C36H43F3N6O9S/c1-34(14-15-34)55(50,51)44-32(48)35-18-20(35)8-6-4-3-5-7-9-25(42-33(49)54-21-10-11-21)31(47)45-19-23(17-27(45)29(46)43-35)53-30-28(36(37,38)39)40-26-16-22(52-2)12-13-24(26)41-30/h6,8,12-13,16,20-21,23,25,27H,3-5,7,9-11,14-15,17-19H2,1-2H3,(H,42,49)(H,43,46)(H,44,48)/b8-6+/t20-,23-,25+,27+,35-/m1/s1. The third-order valence-electron chi connectivity index (χ3n) is 11.0. The number of alkyl halides is 3. The van der Waals surface area contributed by atoms with Gasteiger partial charge in [0, 0.05) is 18.4 Å². The minimum atomic E-state index is -5.00. The first-order chi connectivity index (χ1) is 26.0. The van der Waals surface area contributed by atoms with Crippen LogP contribution in [0.5, 0.6) is 11.6 Å². The number of sulfonamides is 1. The van der Waals surface area contributed by atoms with E-state index in [2.05, 4.69) is 25.3 Å². The van der Waals surface area contributed by atoms with Gasteiger partial charge >= 0.3 is 12.3 Å². The molecule has 7 rings (SSSR count). The molecule has 1 aromatic heterocycles. The molecule has 0 spiro atoms. The zero-order valence-corrected chi connectivity index (χ0v) is 31.1. The van der Waals surface area contributed by atoms with Gasteiger partial charge in [-0.05, 0) is 70.4 Å². The van der Waals surface area contributed by atoms with Gasteiger partial charge in [0.1, 0.15) is 35.6 Å². The Labute approximate surface area is 315 Å². The second kappa shape index (κ2) is 14.4. The number of methoxy groups -OCH3 is 1. The maximum absolute atomic E-state index is 14.4. The number of allylic oxidation sites excluding steroid dienone is 1. The van der Waals surface area contributed by atoms with Gasteiger partial charge < -0.3 is 29.7 Å². The molecular formula is C36H43F3N6O9S. The van der Waals surface area contributed by atoms with Gasteiger partial charge in [-0.3, -0.25) is 19.1 Å². The van der Waals surface area contributed by atoms with E-state index in [0.717, 1.165) is 4.90 Å². The van der Waals surface area contributed by atoms with Crippen LogP contribution in [0.3, 0.4) is 0 Å². The largest absolute Gasteiger partial charge is 0.497 e. The molecule has 3 heterocycles. The lowest BCUT2D eigenvalue weighted by atomic mass is 10.1. The van der Waals surface area contributed by atoms with Crippen molar-refractivity contribution in [3.8, 4) is 11.6 Å². The summed E-state index contributed by atoms with van der Waals surface area (Å²) in [6, 6.07) is 1.65. The third-order valence-corrected chi connectivity index (χ3v) is 13.1. The molecule has 1 aromatic carbocycles. The number of nitrogens with zero attached hydrogens (tertiary/aromatic N) is 3. The molecule has 1 saturated heterocycles. The number of ether oxygens (including phenoxy) is 3. The summed E-state index contributed by atoms with van der Waals surface area (Å²) in [5, 5.41) is 5.34. The molecule has 0 bridgehead atoms. The molecule has 15 nitrogen and oxygen atoms in total. The Morgan fingerprint density at radius 2 is 1.80 bits per heavy atom. The molecule has 5 atom stereocenters. The fraction of sp³-hybridized carbons (Fsp3) is 0.611. The van der Waals surface area contributed by atoms with Crippen molar-refractivity contribution >= 4 is 44.9 Å². The lowest BCUT2D eigenvalue weighted by Crippen LogP contribution is -2.58. The Hall–Kier alpha value is -4.68. The molecule has 19 heteroatoms. The minimum Gasteiger partial charge on any atom is -0.497 e. The van der Waals surface area contributed by atoms with Crippen LogP contribution in [0.2, 0.25) is 0 Å². The topological polar surface area (TPSA) is 195 Å². The molecule has 4 amide bonds. The van der Waals surface area contributed by atoms with Gasteiger partial charge in [0.15, 0.2) is 0 Å². The van der Waals surface area contributed by atoms with Gasteiger partial charge in [-0.15, -0.1) is 0 Å². The summed E-state index contributed by atoms with van der Waals surface area (Å²) in [4.78, 5) is 64.2. The summed E-state index contributed by atoms with van der Waals surface area (Å²) in [5.74, 6) is -3.63. The van der Waals surface area contributed by atoms with Crippen molar-refractivity contribution < 1.29 is 55.0 Å². The smallest absolute Gasteiger partial charge is 0.438 e. The maximum atomic E-state index is 14.4. The van der Waals surface area contributed by atoms with E-state index in [4.69, 9.17) is 14.2 Å². The molecule has 3 N–H and O–H groups in total. The van der Waals surface area contributed by atoms with Crippen LogP contribution in [0.1, 0.15) is 83.2 Å². The van der Waals surface area contributed by atoms with Gasteiger partial charge in [-0.25, -0.2) is 23.2 Å². The Bertz CT molecular complexity index is 2020. The zero-order valence-electron chi connectivity index (χ0n) is 30.3. The SMILES string of the molecule is COc1ccc2nc(O[C@@H]3C[C@H]4C(=O)N[C@]5(C(=O)NS(=O)(=O)C6(C)CC6)C[C@H]5/C=C/CCCCC[C@H](NC(=O)OC5CC5)C(=O)N4C3)c(C(F)(F)F)nc2c1. The Kier molecular flexibility index (Phi) is 10.1. The van der Waals surface area contributed by atoms with E-state index in [1.165, 1.54) is 32.2 Å². The van der Waals surface area contributed by atoms with Crippen LogP contribution in [0, 0.1) is 5.92 Å². The number of halogens is 3. The summed E-state index contributed by atoms with van der Waals surface area (Å²) in [5.41, 5.74) is -3.13. The number of carbonyl (C=O) groups excluding carboxylic acids is 4. The summed E-state index contributed by atoms with van der Waals surface area (Å²) in [6.45, 7) is 1.13. The van der Waals surface area contributed by atoms with Crippen LogP contribution in [0.25, 0.3) is 11.0 Å². The van der Waals surface area contributed by atoms with Crippen molar-refractivity contribution in [1.29, 1.82) is 0 Å². The van der Waals surface area contributed by atoms with E-state index >= 15 is 0 Å². The first kappa shape index (κ1) is 38.6. The number of fused-ring (bicyclic) bond motifs is 3. The van der Waals surface area contributed by atoms with Crippen molar-refractivity contribution in [2.45, 2.75) is 118 Å². The highest BCUT2D eigenvalue weighted by Crippen LogP contribution is 2.47. The molecule has 3 saturated carbocycles. The molecule has 2 aromatic rings. The van der Waals surface area contributed by atoms with Crippen molar-refractivity contribution in [3.05, 3.63) is 36.0 Å². The quantitative estimate of drug-likeness (QED) is 0.330. The van der Waals surface area contributed by atoms with Crippen LogP contribution in [0.4, 0.5) is 18.0 Å². The number of amides is 4. The first-order valence-corrected chi connectivity index (χ1v) is 19.9. The van der Waals surface area contributed by atoms with Crippen LogP contribution in [-0.4, -0.2) is 95.3 Å². The molecule has 2 aliphatic heterocycles. The Morgan fingerprint density at radius 1 is 1.04 bits per heavy atom. The highest BCUT2D eigenvalue weighted by Gasteiger charge is 2.63. The van der Waals surface area contributed by atoms with Gasteiger partial charge in [-0.1, -0.05) is 25.0 Å². The number of aromatic nitrogens is 2. The first-order valence-electron chi connectivity index (χ1n) is 18.4. The van der Waals surface area contributed by atoms with Crippen LogP contribution in [-0.2, 0) is 35.3 Å². The number of benzene rings is 1. The lowest BCUT2D eigenvalue weighted by Gasteiger charge is -2.29. The van der Waals surface area contributed by atoms with E-state index in [9.17, 15) is 40.8 Å². The second-order valence-corrected chi connectivity index (χ2v) is 17.4. The molecule has 4 fully saturated rings. The van der Waals surface area contributed by atoms with Crippen molar-refractivity contribution in [2.24, 2.45) is 5.92 Å². The van der Waals surface area contributed by atoms with Crippen LogP contribution in [0.15, 0.2) is 30.4 Å². The lowest BCUT2D eigenvalue weighted by molar-refractivity contribution is -0.143. The second-order valence-electron chi connectivity index (χ2n) is 15.2. The Morgan fingerprint density at radius 3 is 2.49 bits per heavy atom. The Balaban J connectivity index is 1.21. The predicted octanol–water partition coefficient (Wildman–Crippen LogP) is 3.66. The number of nitrogens with one attached hydrogen (secondary N) is 3. The van der Waals surface area contributed by atoms with Crippen molar-refractivity contribution in [2.75, 3.05) is 13.7 Å². The molecule has 5 aliphatic rings. The number of hydrogen-bond acceptors (Lipinski definition) is 11. The van der Waals surface area contributed by atoms with Gasteiger partial charge in [0.25, 0.3) is 5.91 Å². The van der Waals surface area contributed by atoms with Gasteiger partial charge in [0.05, 0.1) is 29.4 Å². The average Bonchev–Trinajstić information content (AvgIpc) is 4.08. The monoisotopic (exact) mass is 792 g/mol. The summed E-state index contributed by atoms with van der Waals surface area (Å²) >= 11 is 0. The predicted molar refractivity (Wildman–Crippen MR) is 188 cm³/mol. The average molecular weight is 793 g/mol. The summed E-state index contributed by atoms with van der Waals surface area (Å²) < 4.78 is 86.6. The molecular weight excluding hydrogens is 749 g/mol. The fourth-order valence-electron chi connectivity index (χ4n) is 7.03. The molecule has 55 heavy (non-hydrogen) atoms. The van der Waals surface area contributed by atoms with Crippen molar-refractivity contribution in [1.82, 2.24) is 30.2 Å². The van der Waals surface area contributed by atoms with E-state index < -0.39 is 86.0 Å². The highest BCUT2D eigenvalue weighted by atomic mass is 32.2. The number of rotatable bonds is 8. The van der Waals surface area contributed by atoms with Crippen LogP contribution >= 0.6 is 0 Å². The minimum absolute atomic E-state index is 0.0692. The zero-order chi connectivity index (χ0) is 39.3.